The molecule has 1 aliphatic heterocycles. The smallest absolute Gasteiger partial charge is 0.321 e. The van der Waals surface area contributed by atoms with Crippen LogP contribution in [0.4, 0.5) is 16.2 Å². The molecule has 20 heavy (non-hydrogen) atoms. The van der Waals surface area contributed by atoms with Gasteiger partial charge in [0, 0.05) is 30.4 Å². The third-order valence-corrected chi connectivity index (χ3v) is 3.35. The number of carbonyl (C=O) groups excluding carboxylic acids is 2. The fourth-order valence-electron chi connectivity index (χ4n) is 2.09. The number of nitrogens with two attached hydrogens (primary N) is 1. The average Bonchev–Trinajstić information content (AvgIpc) is 2.86. The summed E-state index contributed by atoms with van der Waals surface area (Å²) >= 11 is 0. The predicted octanol–water partition coefficient (Wildman–Crippen LogP) is 1.14. The second-order valence-corrected chi connectivity index (χ2v) is 4.90. The predicted molar refractivity (Wildman–Crippen MR) is 78.7 cm³/mol. The number of benzene rings is 1. The molecule has 0 spiro atoms. The summed E-state index contributed by atoms with van der Waals surface area (Å²) < 4.78 is 0. The molecule has 0 aromatic heterocycles. The van der Waals surface area contributed by atoms with Crippen LogP contribution in [0.2, 0.25) is 0 Å². The van der Waals surface area contributed by atoms with Crippen molar-refractivity contribution in [2.24, 2.45) is 11.7 Å². The Bertz CT molecular complexity index is 486. The van der Waals surface area contributed by atoms with Crippen LogP contribution in [0.15, 0.2) is 24.3 Å². The van der Waals surface area contributed by atoms with Gasteiger partial charge in [-0.2, -0.15) is 0 Å². The van der Waals surface area contributed by atoms with Crippen LogP contribution in [-0.2, 0) is 4.79 Å². The molecule has 6 nitrogen and oxygen atoms in total. The zero-order valence-electron chi connectivity index (χ0n) is 11.6. The third-order valence-electron chi connectivity index (χ3n) is 3.35. The van der Waals surface area contributed by atoms with Gasteiger partial charge in [-0.3, -0.25) is 9.69 Å². The Morgan fingerprint density at radius 3 is 2.70 bits per heavy atom. The van der Waals surface area contributed by atoms with Crippen molar-refractivity contribution in [3.8, 4) is 0 Å². The lowest BCUT2D eigenvalue weighted by molar-refractivity contribution is -0.119. The number of amides is 3. The molecule has 1 atom stereocenters. The Morgan fingerprint density at radius 2 is 2.15 bits per heavy atom. The highest BCUT2D eigenvalue weighted by Crippen LogP contribution is 2.20. The standard InChI is InChI=1S/C14H20N4O2/c1-10(6-7-15)13(19)17-11-2-4-12(5-3-11)18-9-8-16-14(18)20/h2-5,10H,6-9,15H2,1H3,(H,16,20)(H,17,19). The normalized spacial score (nSPS) is 15.9. The lowest BCUT2D eigenvalue weighted by Crippen LogP contribution is -2.27. The van der Waals surface area contributed by atoms with Crippen LogP contribution in [0.25, 0.3) is 0 Å². The van der Waals surface area contributed by atoms with E-state index < -0.39 is 0 Å². The second-order valence-electron chi connectivity index (χ2n) is 4.90. The number of nitrogens with one attached hydrogen (secondary N) is 2. The molecule has 0 bridgehead atoms. The molecule has 1 aromatic rings. The van der Waals surface area contributed by atoms with E-state index in [2.05, 4.69) is 10.6 Å². The maximum atomic E-state index is 11.9. The SMILES string of the molecule is CC(CCN)C(=O)Nc1ccc(N2CCNC2=O)cc1. The molecule has 1 fully saturated rings. The van der Waals surface area contributed by atoms with E-state index in [1.54, 1.807) is 17.0 Å². The van der Waals surface area contributed by atoms with Crippen molar-refractivity contribution in [2.75, 3.05) is 29.9 Å². The largest absolute Gasteiger partial charge is 0.336 e. The molecule has 0 saturated carbocycles. The monoisotopic (exact) mass is 276 g/mol. The topological polar surface area (TPSA) is 87.5 Å². The molecule has 1 saturated heterocycles. The van der Waals surface area contributed by atoms with Crippen LogP contribution >= 0.6 is 0 Å². The number of hydrogen-bond acceptors (Lipinski definition) is 3. The molecule has 2 rings (SSSR count). The third kappa shape index (κ3) is 3.27. The summed E-state index contributed by atoms with van der Waals surface area (Å²) in [7, 11) is 0. The summed E-state index contributed by atoms with van der Waals surface area (Å²) in [5.41, 5.74) is 6.99. The van der Waals surface area contributed by atoms with Crippen molar-refractivity contribution in [1.29, 1.82) is 0 Å². The number of nitrogens with zero attached hydrogens (tertiary/aromatic N) is 1. The van der Waals surface area contributed by atoms with Gasteiger partial charge in [-0.1, -0.05) is 6.92 Å². The van der Waals surface area contributed by atoms with Gasteiger partial charge in [-0.25, -0.2) is 4.79 Å². The van der Waals surface area contributed by atoms with Gasteiger partial charge in [-0.05, 0) is 37.2 Å². The molecule has 4 N–H and O–H groups in total. The van der Waals surface area contributed by atoms with Crippen LogP contribution in [0.5, 0.6) is 0 Å². The summed E-state index contributed by atoms with van der Waals surface area (Å²) in [6, 6.07) is 7.17. The summed E-state index contributed by atoms with van der Waals surface area (Å²) in [6.07, 6.45) is 0.665. The maximum Gasteiger partial charge on any atom is 0.321 e. The van der Waals surface area contributed by atoms with Gasteiger partial charge in [0.2, 0.25) is 5.91 Å². The first-order chi connectivity index (χ1) is 9.61. The molecule has 3 amide bonds. The van der Waals surface area contributed by atoms with E-state index >= 15 is 0 Å². The Kier molecular flexibility index (Phi) is 4.57. The Morgan fingerprint density at radius 1 is 1.45 bits per heavy atom. The lowest BCUT2D eigenvalue weighted by atomic mass is 10.1. The van der Waals surface area contributed by atoms with Crippen LogP contribution < -0.4 is 21.3 Å². The molecule has 0 aliphatic carbocycles. The summed E-state index contributed by atoms with van der Waals surface area (Å²) in [6.45, 7) is 3.68. The highest BCUT2D eigenvalue weighted by Gasteiger charge is 2.20. The summed E-state index contributed by atoms with van der Waals surface area (Å²) in [5.74, 6) is -0.147. The minimum absolute atomic E-state index is 0.0397. The zero-order valence-corrected chi connectivity index (χ0v) is 11.6. The number of anilines is 2. The van der Waals surface area contributed by atoms with Crippen LogP contribution in [0, 0.1) is 5.92 Å². The maximum absolute atomic E-state index is 11.9. The fourth-order valence-corrected chi connectivity index (χ4v) is 2.09. The van der Waals surface area contributed by atoms with Crippen LogP contribution in [0.3, 0.4) is 0 Å². The molecule has 108 valence electrons. The molecule has 6 heteroatoms. The number of urea groups is 1. The number of rotatable bonds is 5. The van der Waals surface area contributed by atoms with Crippen molar-refractivity contribution >= 4 is 23.3 Å². The van der Waals surface area contributed by atoms with Crippen molar-refractivity contribution in [3.63, 3.8) is 0 Å². The van der Waals surface area contributed by atoms with Gasteiger partial charge in [0.15, 0.2) is 0 Å². The van der Waals surface area contributed by atoms with E-state index in [1.807, 2.05) is 19.1 Å². The van der Waals surface area contributed by atoms with Crippen LogP contribution in [0.1, 0.15) is 13.3 Å². The van der Waals surface area contributed by atoms with Gasteiger partial charge < -0.3 is 16.4 Å². The lowest BCUT2D eigenvalue weighted by Gasteiger charge is -2.15. The number of hydrogen-bond donors (Lipinski definition) is 3. The molecule has 1 aliphatic rings. The number of carbonyl (C=O) groups is 2. The van der Waals surface area contributed by atoms with Crippen molar-refractivity contribution in [3.05, 3.63) is 24.3 Å². The highest BCUT2D eigenvalue weighted by atomic mass is 16.2. The van der Waals surface area contributed by atoms with E-state index in [0.29, 0.717) is 26.1 Å². The van der Waals surface area contributed by atoms with E-state index in [9.17, 15) is 9.59 Å². The second kappa shape index (κ2) is 6.38. The minimum Gasteiger partial charge on any atom is -0.336 e. The van der Waals surface area contributed by atoms with Crippen LogP contribution in [-0.4, -0.2) is 31.6 Å². The van der Waals surface area contributed by atoms with E-state index in [1.165, 1.54) is 0 Å². The highest BCUT2D eigenvalue weighted by molar-refractivity contribution is 5.95. The Labute approximate surface area is 118 Å². The molecular weight excluding hydrogens is 256 g/mol. The minimum atomic E-state index is -0.107. The summed E-state index contributed by atoms with van der Waals surface area (Å²) in [5, 5.41) is 5.59. The van der Waals surface area contributed by atoms with Crippen molar-refractivity contribution in [1.82, 2.24) is 5.32 Å². The molecule has 1 unspecified atom stereocenters. The quantitative estimate of drug-likeness (QED) is 0.753. The Hall–Kier alpha value is -2.08. The molecule has 1 aromatic carbocycles. The van der Waals surface area contributed by atoms with Gasteiger partial charge in [0.25, 0.3) is 0 Å². The first-order valence-corrected chi connectivity index (χ1v) is 6.78. The van der Waals surface area contributed by atoms with E-state index in [4.69, 9.17) is 5.73 Å². The van der Waals surface area contributed by atoms with Gasteiger partial charge in [-0.15, -0.1) is 0 Å². The van der Waals surface area contributed by atoms with E-state index in [0.717, 1.165) is 11.4 Å². The zero-order chi connectivity index (χ0) is 14.5. The Balaban J connectivity index is 1.98. The molecular formula is C14H20N4O2. The van der Waals surface area contributed by atoms with Crippen molar-refractivity contribution < 1.29 is 9.59 Å². The molecule has 0 radical (unpaired) electrons. The van der Waals surface area contributed by atoms with Gasteiger partial charge >= 0.3 is 6.03 Å². The first kappa shape index (κ1) is 14.3. The fraction of sp³-hybridized carbons (Fsp3) is 0.429. The molecule has 1 heterocycles. The van der Waals surface area contributed by atoms with E-state index in [-0.39, 0.29) is 17.9 Å². The van der Waals surface area contributed by atoms with Crippen molar-refractivity contribution in [2.45, 2.75) is 13.3 Å². The first-order valence-electron chi connectivity index (χ1n) is 6.78. The van der Waals surface area contributed by atoms with Gasteiger partial charge in [0.05, 0.1) is 0 Å². The van der Waals surface area contributed by atoms with Gasteiger partial charge in [0.1, 0.15) is 0 Å². The summed E-state index contributed by atoms with van der Waals surface area (Å²) in [4.78, 5) is 25.1. The average molecular weight is 276 g/mol.